The second-order valence-electron chi connectivity index (χ2n) is 8.13. The van der Waals surface area contributed by atoms with Crippen LogP contribution in [0.5, 0.6) is 5.75 Å². The molecule has 1 N–H and O–H groups in total. The van der Waals surface area contributed by atoms with Crippen LogP contribution in [0.1, 0.15) is 29.7 Å². The minimum absolute atomic E-state index is 0.000618. The number of amides is 1. The quantitative estimate of drug-likeness (QED) is 0.352. The molecule has 0 aliphatic carbocycles. The summed E-state index contributed by atoms with van der Waals surface area (Å²) in [6.07, 6.45) is 0.655. The fourth-order valence-corrected chi connectivity index (χ4v) is 4.41. The summed E-state index contributed by atoms with van der Waals surface area (Å²) in [6, 6.07) is 15.7. The predicted octanol–water partition coefficient (Wildman–Crippen LogP) is 4.91. The monoisotopic (exact) mass is 447 g/mol. The Labute approximate surface area is 188 Å². The molecule has 1 amide bonds. The number of Topliss-reactive ketones (excluding diaryl/α,β-unsaturated/α-hetero) is 1. The number of anilines is 1. The maximum absolute atomic E-state index is 14.0. The molecule has 2 atom stereocenters. The lowest BCUT2D eigenvalue weighted by Crippen LogP contribution is -2.29. The van der Waals surface area contributed by atoms with E-state index in [2.05, 4.69) is 0 Å². The average Bonchev–Trinajstić information content (AvgIpc) is 3.31. The van der Waals surface area contributed by atoms with Crippen LogP contribution < -0.4 is 9.64 Å². The Kier molecular flexibility index (Phi) is 4.96. The van der Waals surface area contributed by atoms with Gasteiger partial charge in [-0.3, -0.25) is 14.5 Å². The number of carbonyl (C=O) groups excluding carboxylic acids is 2. The summed E-state index contributed by atoms with van der Waals surface area (Å²) in [6.45, 7) is 1.93. The first-order chi connectivity index (χ1) is 15.8. The minimum Gasteiger partial charge on any atom is -0.507 e. The van der Waals surface area contributed by atoms with Gasteiger partial charge in [-0.05, 0) is 48.4 Å². The standard InChI is InChI=1S/C26H19F2NO4/c1-14-11-17-12-16(7-10-21(17)33-14)24(30)22-23(15-5-3-2-4-6-15)29(26(32)25(22)31)18-8-9-19(27)20(28)13-18/h2-10,12-14,23,30H,11H2,1H3/b24-22-. The number of fused-ring (bicyclic) bond motifs is 1. The van der Waals surface area contributed by atoms with Gasteiger partial charge in [-0.2, -0.15) is 0 Å². The third kappa shape index (κ3) is 3.46. The van der Waals surface area contributed by atoms with Crippen molar-refractivity contribution in [3.05, 3.63) is 101 Å². The Balaban J connectivity index is 1.69. The van der Waals surface area contributed by atoms with Crippen molar-refractivity contribution in [2.45, 2.75) is 25.5 Å². The Bertz CT molecular complexity index is 1320. The number of halogens is 2. The van der Waals surface area contributed by atoms with Gasteiger partial charge in [-0.25, -0.2) is 8.78 Å². The van der Waals surface area contributed by atoms with E-state index < -0.39 is 29.4 Å². The van der Waals surface area contributed by atoms with Crippen LogP contribution in [0.15, 0.2) is 72.3 Å². The smallest absolute Gasteiger partial charge is 0.300 e. The Morgan fingerprint density at radius 2 is 1.76 bits per heavy atom. The van der Waals surface area contributed by atoms with Gasteiger partial charge in [0.2, 0.25) is 0 Å². The van der Waals surface area contributed by atoms with E-state index in [4.69, 9.17) is 4.74 Å². The summed E-state index contributed by atoms with van der Waals surface area (Å²) in [5.74, 6) is -3.68. The van der Waals surface area contributed by atoms with Crippen molar-refractivity contribution in [3.63, 3.8) is 0 Å². The Morgan fingerprint density at radius 1 is 1.00 bits per heavy atom. The molecule has 0 spiro atoms. The molecule has 5 nitrogen and oxygen atoms in total. The summed E-state index contributed by atoms with van der Waals surface area (Å²) in [7, 11) is 0. The number of carbonyl (C=O) groups is 2. The van der Waals surface area contributed by atoms with E-state index >= 15 is 0 Å². The molecule has 3 aromatic carbocycles. The van der Waals surface area contributed by atoms with Crippen LogP contribution in [0.3, 0.4) is 0 Å². The number of ether oxygens (including phenoxy) is 1. The second-order valence-corrected chi connectivity index (χ2v) is 8.13. The zero-order valence-electron chi connectivity index (χ0n) is 17.6. The first-order valence-electron chi connectivity index (χ1n) is 10.5. The lowest BCUT2D eigenvalue weighted by molar-refractivity contribution is -0.132. The van der Waals surface area contributed by atoms with Crippen molar-refractivity contribution < 1.29 is 28.2 Å². The van der Waals surface area contributed by atoms with Crippen LogP contribution >= 0.6 is 0 Å². The highest BCUT2D eigenvalue weighted by atomic mass is 19.2. The van der Waals surface area contributed by atoms with Gasteiger partial charge in [0.25, 0.3) is 11.7 Å². The number of benzene rings is 3. The number of hydrogen-bond acceptors (Lipinski definition) is 4. The van der Waals surface area contributed by atoms with E-state index in [-0.39, 0.29) is 23.1 Å². The third-order valence-corrected chi connectivity index (χ3v) is 5.91. The van der Waals surface area contributed by atoms with E-state index in [1.165, 1.54) is 6.07 Å². The zero-order valence-corrected chi connectivity index (χ0v) is 17.6. The van der Waals surface area contributed by atoms with Gasteiger partial charge in [0.1, 0.15) is 17.6 Å². The number of aliphatic hydroxyl groups is 1. The second kappa shape index (κ2) is 7.85. The number of ketones is 1. The van der Waals surface area contributed by atoms with Gasteiger partial charge in [0.05, 0.1) is 11.6 Å². The molecule has 2 heterocycles. The lowest BCUT2D eigenvalue weighted by Gasteiger charge is -2.25. The predicted molar refractivity (Wildman–Crippen MR) is 118 cm³/mol. The van der Waals surface area contributed by atoms with E-state index in [0.717, 1.165) is 22.6 Å². The first kappa shape index (κ1) is 20.9. The van der Waals surface area contributed by atoms with Crippen LogP contribution in [0.2, 0.25) is 0 Å². The zero-order chi connectivity index (χ0) is 23.3. The van der Waals surface area contributed by atoms with E-state index in [0.29, 0.717) is 23.3 Å². The maximum Gasteiger partial charge on any atom is 0.300 e. The molecule has 0 saturated carbocycles. The summed E-state index contributed by atoms with van der Waals surface area (Å²) >= 11 is 0. The highest BCUT2D eigenvalue weighted by Gasteiger charge is 2.47. The van der Waals surface area contributed by atoms with E-state index in [1.54, 1.807) is 48.5 Å². The lowest BCUT2D eigenvalue weighted by atomic mass is 9.94. The van der Waals surface area contributed by atoms with Crippen LogP contribution in [-0.4, -0.2) is 22.9 Å². The van der Waals surface area contributed by atoms with Crippen molar-refractivity contribution in [1.82, 2.24) is 0 Å². The number of hydrogen-bond donors (Lipinski definition) is 1. The molecule has 2 aliphatic rings. The third-order valence-electron chi connectivity index (χ3n) is 5.91. The topological polar surface area (TPSA) is 66.8 Å². The van der Waals surface area contributed by atoms with E-state index in [1.807, 2.05) is 6.92 Å². The van der Waals surface area contributed by atoms with Crippen molar-refractivity contribution in [3.8, 4) is 5.75 Å². The highest BCUT2D eigenvalue weighted by molar-refractivity contribution is 6.51. The SMILES string of the molecule is CC1Cc2cc(/C(O)=C3/C(=O)C(=O)N(c4ccc(F)c(F)c4)C3c3ccccc3)ccc2O1. The molecule has 7 heteroatoms. The molecular weight excluding hydrogens is 428 g/mol. The molecule has 2 aliphatic heterocycles. The molecule has 0 bridgehead atoms. The molecule has 0 radical (unpaired) electrons. The average molecular weight is 447 g/mol. The van der Waals surface area contributed by atoms with Gasteiger partial charge in [0.15, 0.2) is 11.6 Å². The van der Waals surface area contributed by atoms with Gasteiger partial charge < -0.3 is 9.84 Å². The fourth-order valence-electron chi connectivity index (χ4n) is 4.41. The molecule has 0 aromatic heterocycles. The maximum atomic E-state index is 14.0. The van der Waals surface area contributed by atoms with E-state index in [9.17, 15) is 23.5 Å². The highest BCUT2D eigenvalue weighted by Crippen LogP contribution is 2.43. The van der Waals surface area contributed by atoms with Gasteiger partial charge in [-0.1, -0.05) is 30.3 Å². The molecule has 1 fully saturated rings. The number of nitrogens with zero attached hydrogens (tertiary/aromatic N) is 1. The molecule has 3 aromatic rings. The Hall–Kier alpha value is -4.00. The van der Waals surface area contributed by atoms with Crippen LogP contribution in [0.4, 0.5) is 14.5 Å². The fraction of sp³-hybridized carbons (Fsp3) is 0.154. The first-order valence-corrected chi connectivity index (χ1v) is 10.5. The van der Waals surface area contributed by atoms with Crippen molar-refractivity contribution in [2.24, 2.45) is 0 Å². The van der Waals surface area contributed by atoms with Crippen LogP contribution in [0.25, 0.3) is 5.76 Å². The molecule has 5 rings (SSSR count). The van der Waals surface area contributed by atoms with Crippen molar-refractivity contribution in [2.75, 3.05) is 4.90 Å². The van der Waals surface area contributed by atoms with Crippen LogP contribution in [-0.2, 0) is 16.0 Å². The summed E-state index contributed by atoms with van der Waals surface area (Å²) in [4.78, 5) is 27.3. The number of aliphatic hydroxyl groups excluding tert-OH is 1. The van der Waals surface area contributed by atoms with Crippen molar-refractivity contribution in [1.29, 1.82) is 0 Å². The summed E-state index contributed by atoms with van der Waals surface area (Å²) in [5.41, 5.74) is 1.69. The molecule has 2 unspecified atom stereocenters. The normalized spacial score (nSPS) is 21.2. The van der Waals surface area contributed by atoms with Gasteiger partial charge >= 0.3 is 0 Å². The largest absolute Gasteiger partial charge is 0.507 e. The summed E-state index contributed by atoms with van der Waals surface area (Å²) in [5, 5.41) is 11.2. The molecular formula is C26H19F2NO4. The van der Waals surface area contributed by atoms with Gasteiger partial charge in [-0.15, -0.1) is 0 Å². The van der Waals surface area contributed by atoms with Crippen LogP contribution in [0, 0.1) is 11.6 Å². The summed E-state index contributed by atoms with van der Waals surface area (Å²) < 4.78 is 33.2. The van der Waals surface area contributed by atoms with Crippen molar-refractivity contribution >= 4 is 23.1 Å². The van der Waals surface area contributed by atoms with Gasteiger partial charge in [0, 0.05) is 23.7 Å². The number of rotatable bonds is 3. The molecule has 1 saturated heterocycles. The Morgan fingerprint density at radius 3 is 2.48 bits per heavy atom. The minimum atomic E-state index is -1.14. The molecule has 166 valence electrons. The molecule has 33 heavy (non-hydrogen) atoms.